The number of benzene rings is 1. The Morgan fingerprint density at radius 2 is 1.76 bits per heavy atom. The van der Waals surface area contributed by atoms with Crippen molar-refractivity contribution in [3.05, 3.63) is 70.1 Å². The maximum Gasteiger partial charge on any atom is 0.252 e. The van der Waals surface area contributed by atoms with Gasteiger partial charge < -0.3 is 24.8 Å². The molecule has 0 radical (unpaired) electrons. The van der Waals surface area contributed by atoms with Gasteiger partial charge in [-0.25, -0.2) is 15.0 Å². The van der Waals surface area contributed by atoms with Gasteiger partial charge in [-0.05, 0) is 39.8 Å². The van der Waals surface area contributed by atoms with Gasteiger partial charge >= 0.3 is 0 Å². The molecule has 1 aliphatic heterocycles. The molecule has 10 nitrogen and oxygen atoms in total. The van der Waals surface area contributed by atoms with Gasteiger partial charge in [-0.2, -0.15) is 4.98 Å². The standard InChI is InChI=1S/C27H31ClN8O2/c1-16-14-36(15-17(2)38-16)26-31-13-19(28)24(33-26)32-20-9-6-8-18-21(12-22(37)35(5)23(18)20)34-27(3,4)25-29-10-7-11-30-25/h6-13,16-17,34H,14-15H2,1-5H3,(H,31,32,33)/t16-,17+. The number of hydrogen-bond donors (Lipinski definition) is 2. The van der Waals surface area contributed by atoms with E-state index in [1.54, 1.807) is 42.3 Å². The molecule has 4 heterocycles. The summed E-state index contributed by atoms with van der Waals surface area (Å²) in [5.41, 5.74) is 1.29. The van der Waals surface area contributed by atoms with Crippen molar-refractivity contribution in [3.8, 4) is 0 Å². The largest absolute Gasteiger partial charge is 0.372 e. The molecule has 0 unspecified atom stereocenters. The van der Waals surface area contributed by atoms with Crippen LogP contribution in [-0.4, -0.2) is 49.8 Å². The number of ether oxygens (including phenoxy) is 1. The zero-order valence-electron chi connectivity index (χ0n) is 22.1. The van der Waals surface area contributed by atoms with Crippen molar-refractivity contribution in [1.29, 1.82) is 0 Å². The van der Waals surface area contributed by atoms with Crippen molar-refractivity contribution in [3.63, 3.8) is 0 Å². The molecule has 11 heteroatoms. The van der Waals surface area contributed by atoms with Gasteiger partial charge in [0.1, 0.15) is 5.02 Å². The van der Waals surface area contributed by atoms with Crippen molar-refractivity contribution in [2.24, 2.45) is 7.05 Å². The number of pyridine rings is 1. The highest BCUT2D eigenvalue weighted by Gasteiger charge is 2.26. The average molecular weight is 535 g/mol. The number of aromatic nitrogens is 5. The molecular formula is C27H31ClN8O2. The van der Waals surface area contributed by atoms with Crippen LogP contribution in [0.1, 0.15) is 33.5 Å². The lowest BCUT2D eigenvalue weighted by molar-refractivity contribution is -0.00571. The Hall–Kier alpha value is -3.76. The highest BCUT2D eigenvalue weighted by Crippen LogP contribution is 2.34. The molecule has 38 heavy (non-hydrogen) atoms. The van der Waals surface area contributed by atoms with Crippen molar-refractivity contribution in [2.75, 3.05) is 28.6 Å². The lowest BCUT2D eigenvalue weighted by atomic mass is 10.0. The Kier molecular flexibility index (Phi) is 6.93. The van der Waals surface area contributed by atoms with Crippen molar-refractivity contribution >= 4 is 45.6 Å². The molecule has 2 atom stereocenters. The van der Waals surface area contributed by atoms with E-state index in [0.29, 0.717) is 52.6 Å². The molecule has 4 aromatic rings. The van der Waals surface area contributed by atoms with Crippen molar-refractivity contribution < 1.29 is 4.74 Å². The lowest BCUT2D eigenvalue weighted by Crippen LogP contribution is -2.46. The molecule has 1 aromatic carbocycles. The predicted molar refractivity (Wildman–Crippen MR) is 150 cm³/mol. The Balaban J connectivity index is 1.54. The van der Waals surface area contributed by atoms with Crippen LogP contribution in [0.15, 0.2) is 53.7 Å². The Bertz CT molecular complexity index is 1520. The van der Waals surface area contributed by atoms with Gasteiger partial charge in [-0.1, -0.05) is 23.7 Å². The third-order valence-electron chi connectivity index (χ3n) is 6.52. The normalized spacial score (nSPS) is 18.0. The van der Waals surface area contributed by atoms with Crippen molar-refractivity contribution in [2.45, 2.75) is 45.4 Å². The van der Waals surface area contributed by atoms with Crippen LogP contribution in [-0.2, 0) is 17.3 Å². The van der Waals surface area contributed by atoms with E-state index in [0.717, 1.165) is 5.39 Å². The van der Waals surface area contributed by atoms with Gasteiger partial charge in [0.2, 0.25) is 5.95 Å². The monoisotopic (exact) mass is 534 g/mol. The van der Waals surface area contributed by atoms with Crippen LogP contribution in [0, 0.1) is 0 Å². The number of fused-ring (bicyclic) bond motifs is 1. The van der Waals surface area contributed by atoms with E-state index in [-0.39, 0.29) is 17.8 Å². The first-order valence-electron chi connectivity index (χ1n) is 12.5. The van der Waals surface area contributed by atoms with Gasteiger partial charge in [0.05, 0.1) is 35.1 Å². The second kappa shape index (κ2) is 10.2. The third-order valence-corrected chi connectivity index (χ3v) is 6.80. The maximum atomic E-state index is 13.1. The van der Waals surface area contributed by atoms with Crippen LogP contribution in [0.3, 0.4) is 0 Å². The Morgan fingerprint density at radius 3 is 2.47 bits per heavy atom. The number of nitrogens with one attached hydrogen (secondary N) is 2. The number of aryl methyl sites for hydroxylation is 1. The van der Waals surface area contributed by atoms with E-state index in [2.05, 4.69) is 30.5 Å². The molecule has 1 aliphatic rings. The molecule has 3 aromatic heterocycles. The number of rotatable bonds is 6. The number of halogens is 1. The van der Waals surface area contributed by atoms with Gasteiger partial charge in [0, 0.05) is 49.7 Å². The zero-order valence-corrected chi connectivity index (χ0v) is 22.8. The quantitative estimate of drug-likeness (QED) is 0.370. The van der Waals surface area contributed by atoms with Crippen LogP contribution < -0.4 is 21.1 Å². The van der Waals surface area contributed by atoms with Crippen LogP contribution in [0.2, 0.25) is 5.02 Å². The number of morpholine rings is 1. The van der Waals surface area contributed by atoms with Gasteiger partial charge in [0.15, 0.2) is 11.6 Å². The molecule has 0 spiro atoms. The average Bonchev–Trinajstić information content (AvgIpc) is 2.88. The molecule has 198 valence electrons. The van der Waals surface area contributed by atoms with E-state index in [9.17, 15) is 4.79 Å². The van der Waals surface area contributed by atoms with Crippen molar-refractivity contribution in [1.82, 2.24) is 24.5 Å². The fraction of sp³-hybridized carbons (Fsp3) is 0.370. The first-order valence-corrected chi connectivity index (χ1v) is 12.9. The summed E-state index contributed by atoms with van der Waals surface area (Å²) in [6.07, 6.45) is 5.13. The topological polar surface area (TPSA) is 110 Å². The number of anilines is 4. The van der Waals surface area contributed by atoms with Crippen LogP contribution >= 0.6 is 11.6 Å². The zero-order chi connectivity index (χ0) is 27.0. The number of nitrogens with zero attached hydrogens (tertiary/aromatic N) is 6. The van der Waals surface area contributed by atoms with E-state index in [1.807, 2.05) is 45.9 Å². The van der Waals surface area contributed by atoms with Crippen LogP contribution in [0.4, 0.5) is 23.1 Å². The minimum Gasteiger partial charge on any atom is -0.372 e. The lowest BCUT2D eigenvalue weighted by Gasteiger charge is -2.35. The molecule has 1 saturated heterocycles. The van der Waals surface area contributed by atoms with Crippen LogP contribution in [0.5, 0.6) is 0 Å². The SMILES string of the molecule is C[C@@H]1CN(c2ncc(Cl)c(Nc3cccc4c(NC(C)(C)c5ncccn5)cc(=O)n(C)c34)n2)C[C@H](C)O1. The van der Waals surface area contributed by atoms with Crippen LogP contribution in [0.25, 0.3) is 10.9 Å². The molecule has 0 aliphatic carbocycles. The van der Waals surface area contributed by atoms with Gasteiger partial charge in [-0.3, -0.25) is 4.79 Å². The smallest absolute Gasteiger partial charge is 0.252 e. The third kappa shape index (κ3) is 5.14. The fourth-order valence-electron chi connectivity index (χ4n) is 4.82. The first kappa shape index (κ1) is 25.9. The summed E-state index contributed by atoms with van der Waals surface area (Å²) >= 11 is 6.53. The minimum absolute atomic E-state index is 0.0680. The van der Waals surface area contributed by atoms with E-state index >= 15 is 0 Å². The molecule has 5 rings (SSSR count). The molecule has 2 N–H and O–H groups in total. The minimum atomic E-state index is -0.624. The second-order valence-corrected chi connectivity index (χ2v) is 10.5. The summed E-state index contributed by atoms with van der Waals surface area (Å²) in [5, 5.41) is 8.05. The van der Waals surface area contributed by atoms with E-state index < -0.39 is 5.54 Å². The number of para-hydroxylation sites is 1. The fourth-order valence-corrected chi connectivity index (χ4v) is 4.95. The summed E-state index contributed by atoms with van der Waals surface area (Å²) in [7, 11) is 1.74. The molecule has 1 fully saturated rings. The molecule has 0 amide bonds. The highest BCUT2D eigenvalue weighted by molar-refractivity contribution is 6.33. The Morgan fingerprint density at radius 1 is 1.05 bits per heavy atom. The molecule has 0 saturated carbocycles. The van der Waals surface area contributed by atoms with Gasteiger partial charge in [-0.15, -0.1) is 0 Å². The summed E-state index contributed by atoms with van der Waals surface area (Å²) < 4.78 is 7.46. The summed E-state index contributed by atoms with van der Waals surface area (Å²) in [6, 6.07) is 9.15. The predicted octanol–water partition coefficient (Wildman–Crippen LogP) is 4.48. The second-order valence-electron chi connectivity index (χ2n) is 10.1. The van der Waals surface area contributed by atoms with Gasteiger partial charge in [0.25, 0.3) is 5.56 Å². The van der Waals surface area contributed by atoms with E-state index in [1.165, 1.54) is 0 Å². The molecule has 0 bridgehead atoms. The summed E-state index contributed by atoms with van der Waals surface area (Å²) in [4.78, 5) is 33.1. The first-order chi connectivity index (χ1) is 18.1. The summed E-state index contributed by atoms with van der Waals surface area (Å²) in [5.74, 6) is 1.65. The summed E-state index contributed by atoms with van der Waals surface area (Å²) in [6.45, 7) is 9.39. The Labute approximate surface area is 226 Å². The maximum absolute atomic E-state index is 13.1. The molecular weight excluding hydrogens is 504 g/mol. The van der Waals surface area contributed by atoms with E-state index in [4.69, 9.17) is 21.3 Å². The number of hydrogen-bond acceptors (Lipinski definition) is 9. The highest BCUT2D eigenvalue weighted by atomic mass is 35.5.